The Morgan fingerprint density at radius 2 is 1.77 bits per heavy atom. The number of nitrogens with two attached hydrogens (primary N) is 1. The molecule has 164 valence electrons. The Balaban J connectivity index is 0.00000166. The molecular formula is C23H27N3O5. The molecule has 0 aliphatic rings. The fourth-order valence-electron chi connectivity index (χ4n) is 3.29. The van der Waals surface area contributed by atoms with E-state index in [0.29, 0.717) is 23.9 Å². The van der Waals surface area contributed by atoms with Crippen molar-refractivity contribution in [1.82, 2.24) is 9.61 Å². The number of benzene rings is 1. The fraction of sp³-hybridized carbons (Fsp3) is 0.304. The highest BCUT2D eigenvalue weighted by molar-refractivity contribution is 6.44. The largest absolute Gasteiger partial charge is 0.480 e. The maximum Gasteiger partial charge on any atom is 0.343 e. The summed E-state index contributed by atoms with van der Waals surface area (Å²) in [7, 11) is 1.25. The van der Waals surface area contributed by atoms with E-state index in [9.17, 15) is 14.4 Å². The zero-order chi connectivity index (χ0) is 23.0. The number of Topliss-reactive ketones (excluding diaryl/α,β-unsaturated/α-hetero) is 1. The summed E-state index contributed by atoms with van der Waals surface area (Å²) in [5.74, 6) is -2.23. The van der Waals surface area contributed by atoms with E-state index in [2.05, 4.69) is 9.84 Å². The van der Waals surface area contributed by atoms with Crippen LogP contribution < -0.4 is 10.5 Å². The lowest BCUT2D eigenvalue weighted by atomic mass is 9.99. The van der Waals surface area contributed by atoms with Crippen molar-refractivity contribution in [2.45, 2.75) is 33.6 Å². The lowest BCUT2D eigenvalue weighted by Gasteiger charge is -2.08. The molecule has 2 N–H and O–H groups in total. The lowest BCUT2D eigenvalue weighted by Crippen LogP contribution is -2.24. The minimum atomic E-state index is -1.07. The molecule has 3 aromatic rings. The Bertz CT molecular complexity index is 1070. The molecule has 0 unspecified atom stereocenters. The van der Waals surface area contributed by atoms with Crippen LogP contribution in [0, 0.1) is 0 Å². The molecule has 0 aliphatic heterocycles. The Kier molecular flexibility index (Phi) is 8.31. The summed E-state index contributed by atoms with van der Waals surface area (Å²) in [6.07, 6.45) is 2.48. The highest BCUT2D eigenvalue weighted by Gasteiger charge is 2.28. The predicted molar refractivity (Wildman–Crippen MR) is 116 cm³/mol. The second-order valence-electron chi connectivity index (χ2n) is 6.33. The van der Waals surface area contributed by atoms with Crippen molar-refractivity contribution in [3.8, 4) is 5.75 Å². The van der Waals surface area contributed by atoms with Gasteiger partial charge in [0.25, 0.3) is 11.7 Å². The summed E-state index contributed by atoms with van der Waals surface area (Å²) in [6.45, 7) is 5.54. The molecule has 0 saturated heterocycles. The summed E-state index contributed by atoms with van der Waals surface area (Å²) < 4.78 is 11.7. The van der Waals surface area contributed by atoms with Crippen molar-refractivity contribution in [3.63, 3.8) is 0 Å². The average Bonchev–Trinajstić information content (AvgIpc) is 3.12. The van der Waals surface area contributed by atoms with Gasteiger partial charge < -0.3 is 15.2 Å². The van der Waals surface area contributed by atoms with Crippen LogP contribution >= 0.6 is 0 Å². The first-order valence-electron chi connectivity index (χ1n) is 10.1. The molecule has 1 amide bonds. The number of hydrogen-bond donors (Lipinski definition) is 1. The molecule has 0 atom stereocenters. The van der Waals surface area contributed by atoms with Gasteiger partial charge in [0.1, 0.15) is 11.3 Å². The zero-order valence-electron chi connectivity index (χ0n) is 18.2. The molecule has 0 saturated carbocycles. The van der Waals surface area contributed by atoms with Crippen LogP contribution in [0.1, 0.15) is 48.0 Å². The number of fused-ring (bicyclic) bond motifs is 1. The first kappa shape index (κ1) is 23.6. The van der Waals surface area contributed by atoms with Crippen LogP contribution in [-0.2, 0) is 27.2 Å². The van der Waals surface area contributed by atoms with Gasteiger partial charge in [-0.3, -0.25) is 9.59 Å². The van der Waals surface area contributed by atoms with Gasteiger partial charge in [0.2, 0.25) is 0 Å². The van der Waals surface area contributed by atoms with Gasteiger partial charge in [0, 0.05) is 12.5 Å². The molecule has 8 heteroatoms. The number of methoxy groups -OCH3 is 1. The molecule has 2 heterocycles. The number of ether oxygens (including phenoxy) is 2. The Hall–Kier alpha value is -3.68. The van der Waals surface area contributed by atoms with E-state index in [-0.39, 0.29) is 17.9 Å². The summed E-state index contributed by atoms with van der Waals surface area (Å²) in [5.41, 5.74) is 8.20. The number of rotatable bonds is 8. The number of nitrogens with zero attached hydrogens (tertiary/aromatic N) is 2. The van der Waals surface area contributed by atoms with Gasteiger partial charge in [-0.1, -0.05) is 51.1 Å². The molecular weight excluding hydrogens is 398 g/mol. The van der Waals surface area contributed by atoms with Crippen LogP contribution in [0.25, 0.3) is 5.52 Å². The highest BCUT2D eigenvalue weighted by atomic mass is 16.6. The summed E-state index contributed by atoms with van der Waals surface area (Å²) in [5, 5.41) is 4.37. The summed E-state index contributed by atoms with van der Waals surface area (Å²) >= 11 is 0. The van der Waals surface area contributed by atoms with Gasteiger partial charge in [0.05, 0.1) is 24.6 Å². The number of aromatic nitrogens is 2. The molecule has 3 rings (SSSR count). The molecule has 0 spiro atoms. The minimum Gasteiger partial charge on any atom is -0.480 e. The van der Waals surface area contributed by atoms with E-state index in [1.165, 1.54) is 19.4 Å². The lowest BCUT2D eigenvalue weighted by molar-refractivity contribution is -0.142. The zero-order valence-corrected chi connectivity index (χ0v) is 18.2. The normalized spacial score (nSPS) is 10.2. The third-order valence-electron chi connectivity index (χ3n) is 4.59. The van der Waals surface area contributed by atoms with Gasteiger partial charge in [-0.15, -0.1) is 0 Å². The SMILES string of the molecule is CC.CCc1c(C(=O)C(N)=O)c2c(OCC(=O)OC)ccnn2c1Cc1ccccc1. The highest BCUT2D eigenvalue weighted by Crippen LogP contribution is 2.32. The number of amides is 1. The van der Waals surface area contributed by atoms with Crippen molar-refractivity contribution in [2.24, 2.45) is 5.73 Å². The molecule has 31 heavy (non-hydrogen) atoms. The van der Waals surface area contributed by atoms with E-state index >= 15 is 0 Å². The van der Waals surface area contributed by atoms with Crippen molar-refractivity contribution >= 4 is 23.2 Å². The van der Waals surface area contributed by atoms with Gasteiger partial charge in [0.15, 0.2) is 6.61 Å². The molecule has 0 aliphatic carbocycles. The van der Waals surface area contributed by atoms with Gasteiger partial charge in [-0.05, 0) is 17.5 Å². The monoisotopic (exact) mass is 425 g/mol. The predicted octanol–water partition coefficient (Wildman–Crippen LogP) is 2.73. The first-order valence-corrected chi connectivity index (χ1v) is 10.1. The molecule has 0 radical (unpaired) electrons. The van der Waals surface area contributed by atoms with Gasteiger partial charge >= 0.3 is 5.97 Å². The van der Waals surface area contributed by atoms with E-state index < -0.39 is 17.7 Å². The number of hydrogen-bond acceptors (Lipinski definition) is 6. The maximum absolute atomic E-state index is 12.7. The van der Waals surface area contributed by atoms with E-state index in [4.69, 9.17) is 10.5 Å². The summed E-state index contributed by atoms with van der Waals surface area (Å²) in [4.78, 5) is 35.9. The molecule has 8 nitrogen and oxygen atoms in total. The van der Waals surface area contributed by atoms with E-state index in [0.717, 1.165) is 11.3 Å². The van der Waals surface area contributed by atoms with Crippen LogP contribution in [0.15, 0.2) is 42.6 Å². The minimum absolute atomic E-state index is 0.152. The number of primary amides is 1. The third kappa shape index (κ3) is 5.09. The molecule has 0 fully saturated rings. The topological polar surface area (TPSA) is 113 Å². The number of ketones is 1. The Morgan fingerprint density at radius 1 is 1.10 bits per heavy atom. The summed E-state index contributed by atoms with van der Waals surface area (Å²) in [6, 6.07) is 11.2. The van der Waals surface area contributed by atoms with Gasteiger partial charge in [-0.25, -0.2) is 9.31 Å². The maximum atomic E-state index is 12.7. The quantitative estimate of drug-likeness (QED) is 0.337. The van der Waals surface area contributed by atoms with Crippen LogP contribution in [0.3, 0.4) is 0 Å². The van der Waals surface area contributed by atoms with Gasteiger partial charge in [-0.2, -0.15) is 5.10 Å². The van der Waals surface area contributed by atoms with Crippen molar-refractivity contribution in [1.29, 1.82) is 0 Å². The smallest absolute Gasteiger partial charge is 0.343 e. The van der Waals surface area contributed by atoms with Crippen LogP contribution in [0.5, 0.6) is 5.75 Å². The molecule has 1 aromatic carbocycles. The van der Waals surface area contributed by atoms with Crippen molar-refractivity contribution in [2.75, 3.05) is 13.7 Å². The average molecular weight is 425 g/mol. The van der Waals surface area contributed by atoms with Crippen LogP contribution in [0.2, 0.25) is 0 Å². The molecule has 0 bridgehead atoms. The fourth-order valence-corrected chi connectivity index (χ4v) is 3.29. The van der Waals surface area contributed by atoms with Crippen LogP contribution in [-0.4, -0.2) is 41.0 Å². The van der Waals surface area contributed by atoms with Crippen LogP contribution in [0.4, 0.5) is 0 Å². The Labute approximate surface area is 181 Å². The first-order chi connectivity index (χ1) is 15.0. The third-order valence-corrected chi connectivity index (χ3v) is 4.59. The molecule has 2 aromatic heterocycles. The second-order valence-corrected chi connectivity index (χ2v) is 6.33. The van der Waals surface area contributed by atoms with E-state index in [1.807, 2.05) is 51.1 Å². The van der Waals surface area contributed by atoms with Crippen molar-refractivity contribution < 1.29 is 23.9 Å². The number of carbonyl (C=O) groups is 3. The number of carbonyl (C=O) groups excluding carboxylic acids is 3. The second kappa shape index (κ2) is 10.9. The van der Waals surface area contributed by atoms with Crippen molar-refractivity contribution in [3.05, 3.63) is 65.0 Å². The van der Waals surface area contributed by atoms with E-state index in [1.54, 1.807) is 4.52 Å². The Morgan fingerprint density at radius 3 is 2.35 bits per heavy atom. The standard InChI is InChI=1S/C21H21N3O5.C2H6/c1-3-14-15(11-13-7-5-4-6-8-13)24-19(18(14)20(26)21(22)27)16(9-10-23-24)29-12-17(25)28-2;1-2/h4-10H,3,11-12H2,1-2H3,(H2,22,27);1-2H3. The number of esters is 1.